The van der Waals surface area contributed by atoms with E-state index in [0.29, 0.717) is 11.6 Å². The van der Waals surface area contributed by atoms with Crippen molar-refractivity contribution in [2.75, 3.05) is 13.2 Å². The Hall–Kier alpha value is 0.0969. The lowest BCUT2D eigenvalue weighted by atomic mass is 9.96. The second kappa shape index (κ2) is 7.77. The molecule has 2 aliphatic rings. The monoisotopic (exact) mass is 285 g/mol. The van der Waals surface area contributed by atoms with Crippen LogP contribution in [0.25, 0.3) is 0 Å². The van der Waals surface area contributed by atoms with Gasteiger partial charge in [-0.25, -0.2) is 0 Å². The molecule has 0 aromatic heterocycles. The van der Waals surface area contributed by atoms with Crippen LogP contribution in [0.1, 0.15) is 71.6 Å². The van der Waals surface area contributed by atoms with Crippen molar-refractivity contribution in [2.24, 2.45) is 0 Å². The minimum Gasteiger partial charge on any atom is -0.383 e. The molecule has 0 unspecified atom stereocenters. The van der Waals surface area contributed by atoms with Gasteiger partial charge in [-0.05, 0) is 39.5 Å². The van der Waals surface area contributed by atoms with E-state index in [1.165, 1.54) is 57.8 Å². The van der Waals surface area contributed by atoms with Gasteiger partial charge in [0.05, 0.1) is 0 Å². The summed E-state index contributed by atoms with van der Waals surface area (Å²) in [5.74, 6) is 0. The first-order valence-electron chi connectivity index (χ1n) is 8.36. The normalized spacial score (nSPS) is 23.1. The minimum atomic E-state index is -2.20. The number of hydrogen-bond donors (Lipinski definition) is 1. The molecule has 4 heteroatoms. The van der Waals surface area contributed by atoms with Gasteiger partial charge in [-0.3, -0.25) is 4.98 Å². The maximum Gasteiger partial charge on any atom is 0.428 e. The average Bonchev–Trinajstić information content (AvgIpc) is 2.95. The van der Waals surface area contributed by atoms with Crippen molar-refractivity contribution in [1.29, 1.82) is 0 Å². The lowest BCUT2D eigenvalue weighted by Crippen LogP contribution is -2.62. The van der Waals surface area contributed by atoms with Crippen molar-refractivity contribution in [3.8, 4) is 0 Å². The van der Waals surface area contributed by atoms with Gasteiger partial charge in [-0.1, -0.05) is 32.1 Å². The van der Waals surface area contributed by atoms with Crippen molar-refractivity contribution in [3.05, 3.63) is 0 Å². The second-order valence-corrected chi connectivity index (χ2v) is 9.01. The molecule has 0 spiro atoms. The van der Waals surface area contributed by atoms with E-state index in [0.717, 1.165) is 13.2 Å². The summed E-state index contributed by atoms with van der Waals surface area (Å²) in [5.41, 5.74) is 0.661. The van der Waals surface area contributed by atoms with E-state index in [4.69, 9.17) is 8.85 Å². The van der Waals surface area contributed by atoms with E-state index in [2.05, 4.69) is 18.8 Å². The van der Waals surface area contributed by atoms with Crippen LogP contribution in [0.3, 0.4) is 0 Å². The predicted molar refractivity (Wildman–Crippen MR) is 81.2 cm³/mol. The molecule has 2 saturated carbocycles. The highest BCUT2D eigenvalue weighted by Gasteiger charge is 2.48. The fourth-order valence-corrected chi connectivity index (χ4v) is 7.59. The van der Waals surface area contributed by atoms with Crippen LogP contribution in [0.5, 0.6) is 0 Å². The van der Waals surface area contributed by atoms with Crippen LogP contribution < -0.4 is 4.98 Å². The molecule has 3 nitrogen and oxygen atoms in total. The molecule has 19 heavy (non-hydrogen) atoms. The van der Waals surface area contributed by atoms with Crippen molar-refractivity contribution in [1.82, 2.24) is 4.98 Å². The topological polar surface area (TPSA) is 30.5 Å². The molecule has 1 N–H and O–H groups in total. The summed E-state index contributed by atoms with van der Waals surface area (Å²) in [6, 6.07) is 0.638. The molecular formula is C15H31NO2Si. The highest BCUT2D eigenvalue weighted by Crippen LogP contribution is 2.39. The standard InChI is InChI=1S/C15H31NO2Si/c1-3-17-19(18-4-2,15-12-8-9-13-15)16-14-10-6-5-7-11-14/h14-16H,3-13H2,1-2H3. The van der Waals surface area contributed by atoms with Crippen molar-refractivity contribution in [2.45, 2.75) is 83.2 Å². The Bertz CT molecular complexity index is 245. The quantitative estimate of drug-likeness (QED) is 0.720. The molecular weight excluding hydrogens is 254 g/mol. The molecule has 112 valence electrons. The molecule has 2 rings (SSSR count). The fourth-order valence-electron chi connectivity index (χ4n) is 3.74. The Kier molecular flexibility index (Phi) is 6.33. The Morgan fingerprint density at radius 3 is 1.89 bits per heavy atom. The third-order valence-electron chi connectivity index (χ3n) is 4.62. The van der Waals surface area contributed by atoms with E-state index in [1.807, 2.05) is 0 Å². The van der Waals surface area contributed by atoms with E-state index in [-0.39, 0.29) is 0 Å². The van der Waals surface area contributed by atoms with Crippen LogP contribution in [0.4, 0.5) is 0 Å². The Labute approximate surface area is 119 Å². The molecule has 0 amide bonds. The highest BCUT2D eigenvalue weighted by molar-refractivity contribution is 6.66. The lowest BCUT2D eigenvalue weighted by molar-refractivity contribution is 0.151. The molecule has 0 heterocycles. The Morgan fingerprint density at radius 2 is 1.37 bits per heavy atom. The van der Waals surface area contributed by atoms with Gasteiger partial charge in [0.1, 0.15) is 0 Å². The number of hydrogen-bond acceptors (Lipinski definition) is 3. The Balaban J connectivity index is 2.05. The molecule has 0 aromatic rings. The Morgan fingerprint density at radius 1 is 0.842 bits per heavy atom. The van der Waals surface area contributed by atoms with Crippen LogP contribution >= 0.6 is 0 Å². The first-order valence-corrected chi connectivity index (χ1v) is 10.3. The van der Waals surface area contributed by atoms with Crippen LogP contribution in [0, 0.1) is 0 Å². The highest BCUT2D eigenvalue weighted by atomic mass is 28.4. The third-order valence-corrected chi connectivity index (χ3v) is 8.52. The zero-order chi connectivity index (χ0) is 13.6. The predicted octanol–water partition coefficient (Wildman–Crippen LogP) is 3.86. The summed E-state index contributed by atoms with van der Waals surface area (Å²) >= 11 is 0. The number of nitrogens with one attached hydrogen (secondary N) is 1. The van der Waals surface area contributed by atoms with Gasteiger partial charge in [-0.2, -0.15) is 0 Å². The van der Waals surface area contributed by atoms with Crippen molar-refractivity contribution < 1.29 is 8.85 Å². The fraction of sp³-hybridized carbons (Fsp3) is 1.00. The SMILES string of the molecule is CCO[Si](NC1CCCCC1)(OCC)C1CCCC1. The summed E-state index contributed by atoms with van der Waals surface area (Å²) in [6.07, 6.45) is 12.1. The van der Waals surface area contributed by atoms with Gasteiger partial charge in [0.25, 0.3) is 0 Å². The zero-order valence-corrected chi connectivity index (χ0v) is 13.7. The average molecular weight is 286 g/mol. The third kappa shape index (κ3) is 4.03. The van der Waals surface area contributed by atoms with Gasteiger partial charge in [-0.15, -0.1) is 0 Å². The van der Waals surface area contributed by atoms with Crippen molar-refractivity contribution >= 4 is 8.72 Å². The van der Waals surface area contributed by atoms with Crippen molar-refractivity contribution in [3.63, 3.8) is 0 Å². The maximum atomic E-state index is 6.26. The molecule has 2 fully saturated rings. The smallest absolute Gasteiger partial charge is 0.383 e. The number of rotatable bonds is 7. The second-order valence-electron chi connectivity index (χ2n) is 5.99. The molecule has 0 aromatic carbocycles. The first kappa shape index (κ1) is 15.5. The zero-order valence-electron chi connectivity index (χ0n) is 12.7. The van der Waals surface area contributed by atoms with Crippen LogP contribution in [-0.2, 0) is 8.85 Å². The summed E-state index contributed by atoms with van der Waals surface area (Å²) in [7, 11) is -2.20. The lowest BCUT2D eigenvalue weighted by Gasteiger charge is -2.39. The minimum absolute atomic E-state index is 0.638. The summed E-state index contributed by atoms with van der Waals surface area (Å²) in [6.45, 7) is 5.78. The van der Waals surface area contributed by atoms with E-state index < -0.39 is 8.72 Å². The molecule has 0 saturated heterocycles. The van der Waals surface area contributed by atoms with Crippen LogP contribution in [-0.4, -0.2) is 28.0 Å². The van der Waals surface area contributed by atoms with Gasteiger partial charge < -0.3 is 8.85 Å². The van der Waals surface area contributed by atoms with Gasteiger partial charge in [0.2, 0.25) is 0 Å². The van der Waals surface area contributed by atoms with Crippen LogP contribution in [0.2, 0.25) is 5.54 Å². The van der Waals surface area contributed by atoms with Crippen LogP contribution in [0.15, 0.2) is 0 Å². The molecule has 0 radical (unpaired) electrons. The van der Waals surface area contributed by atoms with E-state index in [9.17, 15) is 0 Å². The maximum absolute atomic E-state index is 6.26. The summed E-state index contributed by atoms with van der Waals surface area (Å²) in [5, 5.41) is 0. The molecule has 0 bridgehead atoms. The van der Waals surface area contributed by atoms with E-state index >= 15 is 0 Å². The molecule has 2 aliphatic carbocycles. The first-order chi connectivity index (χ1) is 9.30. The molecule has 0 atom stereocenters. The van der Waals surface area contributed by atoms with Gasteiger partial charge >= 0.3 is 8.72 Å². The van der Waals surface area contributed by atoms with Gasteiger partial charge in [0.15, 0.2) is 0 Å². The van der Waals surface area contributed by atoms with E-state index in [1.54, 1.807) is 0 Å². The molecule has 0 aliphatic heterocycles. The summed E-state index contributed by atoms with van der Waals surface area (Å²) < 4.78 is 12.5. The summed E-state index contributed by atoms with van der Waals surface area (Å²) in [4.78, 5) is 3.91. The largest absolute Gasteiger partial charge is 0.428 e. The van der Waals surface area contributed by atoms with Gasteiger partial charge in [0, 0.05) is 24.8 Å².